The number of hydrogen-bond acceptors (Lipinski definition) is 4. The Hall–Kier alpha value is 1.85. The number of hydrogen-bond donors (Lipinski definition) is 1. The number of rotatable bonds is 6. The summed E-state index contributed by atoms with van der Waals surface area (Å²) < 4.78 is 10.2. The number of unbranched alkanes of at least 4 members (excludes halogenated alkanes) is 2. The third kappa shape index (κ3) is 18.4. The summed E-state index contributed by atoms with van der Waals surface area (Å²) in [7, 11) is -4.31. The van der Waals surface area contributed by atoms with Gasteiger partial charge in [0.25, 0.3) is 0 Å². The van der Waals surface area contributed by atoms with Gasteiger partial charge in [0, 0.05) is 0 Å². The van der Waals surface area contributed by atoms with E-state index in [1.54, 1.807) is 6.92 Å². The molecule has 15 heavy (non-hydrogen) atoms. The van der Waals surface area contributed by atoms with Crippen molar-refractivity contribution in [2.45, 2.75) is 26.2 Å². The second kappa shape index (κ2) is 12.3. The average molecular weight is 252 g/mol. The fourth-order valence-electron chi connectivity index (χ4n) is 0.863. The minimum Gasteiger partial charge on any atom is -0.811 e. The minimum absolute atomic E-state index is 0. The first-order valence-corrected chi connectivity index (χ1v) is 5.96. The molecule has 1 N–H and O–H groups in total. The molecule has 0 fully saturated rings. The molecule has 0 unspecified atom stereocenters. The van der Waals surface area contributed by atoms with Crippen molar-refractivity contribution in [3.63, 3.8) is 0 Å². The topological polar surface area (TPSA) is 83.4 Å². The van der Waals surface area contributed by atoms with Gasteiger partial charge in [-0.2, -0.15) is 0 Å². The van der Waals surface area contributed by atoms with Crippen molar-refractivity contribution in [3.05, 3.63) is 11.6 Å². The first kappa shape index (κ1) is 22.1. The van der Waals surface area contributed by atoms with Crippen LogP contribution in [0.1, 0.15) is 26.2 Å². The second-order valence-electron chi connectivity index (χ2n) is 3.04. The molecule has 0 aliphatic rings. The van der Waals surface area contributed by atoms with Crippen molar-refractivity contribution in [3.8, 4) is 0 Å². The van der Waals surface area contributed by atoms with Crippen molar-refractivity contribution in [1.29, 1.82) is 0 Å². The Morgan fingerprint density at radius 3 is 2.27 bits per heavy atom. The molecular formula is C8H15Na2O4P. The summed E-state index contributed by atoms with van der Waals surface area (Å²) in [5.41, 5.74) is 0.868. The van der Waals surface area contributed by atoms with Crippen LogP contribution in [-0.2, 0) is 4.57 Å². The Balaban J connectivity index is -0.000000720. The molecule has 0 aromatic carbocycles. The van der Waals surface area contributed by atoms with Crippen molar-refractivity contribution in [1.82, 2.24) is 0 Å². The minimum atomic E-state index is -4.31. The summed E-state index contributed by atoms with van der Waals surface area (Å²) in [6, 6.07) is 0. The summed E-state index contributed by atoms with van der Waals surface area (Å²) >= 11 is 0. The molecule has 0 bridgehead atoms. The zero-order valence-electron chi connectivity index (χ0n) is 9.73. The predicted molar refractivity (Wildman–Crippen MR) is 47.2 cm³/mol. The molecule has 78 valence electrons. The average Bonchev–Trinajstić information content (AvgIpc) is 2.01. The second-order valence-corrected chi connectivity index (χ2v) is 4.71. The number of allylic oxidation sites excluding steroid dienone is 1. The quantitative estimate of drug-likeness (QED) is 0.221. The molecule has 0 radical (unpaired) electrons. The molecule has 0 aromatic heterocycles. The van der Waals surface area contributed by atoms with E-state index in [4.69, 9.17) is 5.11 Å². The van der Waals surface area contributed by atoms with Gasteiger partial charge >= 0.3 is 59.1 Å². The fourth-order valence-corrected chi connectivity index (χ4v) is 1.47. The van der Waals surface area contributed by atoms with E-state index in [2.05, 4.69) is 0 Å². The van der Waals surface area contributed by atoms with Crippen LogP contribution in [-0.4, -0.2) is 17.9 Å². The van der Waals surface area contributed by atoms with Crippen LogP contribution in [0.2, 0.25) is 0 Å². The van der Waals surface area contributed by atoms with Gasteiger partial charge in [-0.15, -0.1) is 0 Å². The molecule has 0 aromatic rings. The van der Waals surface area contributed by atoms with Crippen LogP contribution in [0.3, 0.4) is 0 Å². The summed E-state index contributed by atoms with van der Waals surface area (Å²) in [5, 5.41) is 8.61. The van der Waals surface area contributed by atoms with Crippen LogP contribution in [0.25, 0.3) is 0 Å². The molecule has 0 saturated heterocycles. The van der Waals surface area contributed by atoms with E-state index in [-0.39, 0.29) is 71.9 Å². The monoisotopic (exact) mass is 252 g/mol. The largest absolute Gasteiger partial charge is 1.00 e. The van der Waals surface area contributed by atoms with Gasteiger partial charge in [-0.05, 0) is 32.3 Å². The number of aliphatic hydroxyl groups is 1. The van der Waals surface area contributed by atoms with Gasteiger partial charge in [-0.25, -0.2) is 0 Å². The summed E-state index contributed by atoms with van der Waals surface area (Å²) in [5.74, 6) is 0. The van der Waals surface area contributed by atoms with Crippen molar-refractivity contribution in [2.24, 2.45) is 0 Å². The Bertz CT molecular complexity index is 215. The van der Waals surface area contributed by atoms with E-state index in [9.17, 15) is 14.4 Å². The van der Waals surface area contributed by atoms with Gasteiger partial charge in [0.05, 0.1) is 6.61 Å². The van der Waals surface area contributed by atoms with Crippen LogP contribution in [0.15, 0.2) is 11.6 Å². The van der Waals surface area contributed by atoms with E-state index >= 15 is 0 Å². The van der Waals surface area contributed by atoms with Crippen molar-refractivity contribution < 1.29 is 78.6 Å². The molecule has 0 aliphatic heterocycles. The zero-order valence-corrected chi connectivity index (χ0v) is 14.6. The van der Waals surface area contributed by atoms with Gasteiger partial charge < -0.3 is 19.5 Å². The molecule has 0 aliphatic carbocycles. The summed E-state index contributed by atoms with van der Waals surface area (Å²) in [6.07, 6.45) is 3.37. The molecule has 0 saturated carbocycles. The van der Waals surface area contributed by atoms with Crippen LogP contribution < -0.4 is 68.9 Å². The van der Waals surface area contributed by atoms with Crippen LogP contribution in [0.5, 0.6) is 0 Å². The van der Waals surface area contributed by atoms with E-state index < -0.39 is 7.60 Å². The molecule has 0 amide bonds. The van der Waals surface area contributed by atoms with Crippen LogP contribution in [0.4, 0.5) is 0 Å². The van der Waals surface area contributed by atoms with Gasteiger partial charge in [-0.3, -0.25) is 0 Å². The standard InChI is InChI=1S/C8H17O4P.2Na/c1-8(7-9)5-3-2-4-6-13(10,11)12;;/h5,9H,2-4,6-7H2,1H3,(H2,10,11,12);;/q;2*+1/p-2/b8-5+;;. The first-order valence-electron chi connectivity index (χ1n) is 4.23. The fraction of sp³-hybridized carbons (Fsp3) is 0.750. The first-order chi connectivity index (χ1) is 5.95. The Morgan fingerprint density at radius 2 is 1.87 bits per heavy atom. The van der Waals surface area contributed by atoms with E-state index in [0.717, 1.165) is 5.57 Å². The molecule has 4 nitrogen and oxygen atoms in total. The molecule has 0 atom stereocenters. The normalized spacial score (nSPS) is 11.6. The van der Waals surface area contributed by atoms with Crippen LogP contribution in [0, 0.1) is 0 Å². The maximum Gasteiger partial charge on any atom is 1.00 e. The maximum atomic E-state index is 10.2. The Morgan fingerprint density at radius 1 is 1.33 bits per heavy atom. The number of aliphatic hydroxyl groups excluding tert-OH is 1. The Kier molecular flexibility index (Phi) is 18.1. The van der Waals surface area contributed by atoms with Gasteiger partial charge in [0.15, 0.2) is 0 Å². The summed E-state index contributed by atoms with van der Waals surface area (Å²) in [6.45, 7) is 1.83. The van der Waals surface area contributed by atoms with E-state index in [1.807, 2.05) is 6.08 Å². The molecule has 0 rings (SSSR count). The summed E-state index contributed by atoms with van der Waals surface area (Å²) in [4.78, 5) is 20.4. The smallest absolute Gasteiger partial charge is 0.811 e. The van der Waals surface area contributed by atoms with Gasteiger partial charge in [-0.1, -0.05) is 19.2 Å². The molecule has 7 heteroatoms. The molecular weight excluding hydrogens is 237 g/mol. The molecule has 0 spiro atoms. The SMILES string of the molecule is C/C(=C\CCCCP(=O)([O-])[O-])CO.[Na+].[Na+]. The van der Waals surface area contributed by atoms with Gasteiger partial charge in [0.1, 0.15) is 0 Å². The maximum absolute atomic E-state index is 10.2. The predicted octanol–water partition coefficient (Wildman–Crippen LogP) is -5.98. The Labute approximate surface area is 135 Å². The van der Waals surface area contributed by atoms with Gasteiger partial charge in [0.2, 0.25) is 0 Å². The molecule has 0 heterocycles. The zero-order chi connectivity index (χ0) is 10.3. The van der Waals surface area contributed by atoms with Crippen LogP contribution >= 0.6 is 7.60 Å². The van der Waals surface area contributed by atoms with E-state index in [0.29, 0.717) is 19.3 Å². The van der Waals surface area contributed by atoms with E-state index in [1.165, 1.54) is 0 Å². The third-order valence-corrected chi connectivity index (χ3v) is 2.49. The van der Waals surface area contributed by atoms with Crippen molar-refractivity contribution in [2.75, 3.05) is 12.8 Å². The van der Waals surface area contributed by atoms with Crippen molar-refractivity contribution >= 4 is 7.60 Å². The third-order valence-electron chi connectivity index (χ3n) is 1.63.